The lowest BCUT2D eigenvalue weighted by molar-refractivity contribution is 0.729. The van der Waals surface area contributed by atoms with E-state index in [1.54, 1.807) is 0 Å². The average molecular weight is 650 g/mol. The highest BCUT2D eigenvalue weighted by atomic mass is 15.0. The van der Waals surface area contributed by atoms with Gasteiger partial charge in [-0.2, -0.15) is 0 Å². The molecule has 12 rings (SSSR count). The number of rotatable bonds is 2. The van der Waals surface area contributed by atoms with Gasteiger partial charge in [0.05, 0.1) is 22.1 Å². The molecule has 7 aromatic carbocycles. The summed E-state index contributed by atoms with van der Waals surface area (Å²) < 4.78 is 4.84. The highest BCUT2D eigenvalue weighted by Crippen LogP contribution is 2.52. The minimum absolute atomic E-state index is 0.152. The van der Waals surface area contributed by atoms with E-state index in [2.05, 4.69) is 167 Å². The van der Waals surface area contributed by atoms with Gasteiger partial charge in [-0.15, -0.1) is 0 Å². The Morgan fingerprint density at radius 3 is 2.04 bits per heavy atom. The Labute approximate surface area is 294 Å². The van der Waals surface area contributed by atoms with E-state index in [-0.39, 0.29) is 5.92 Å². The summed E-state index contributed by atoms with van der Waals surface area (Å²) in [5, 5.41) is 10.4. The number of hydrogen-bond donors (Lipinski definition) is 0. The van der Waals surface area contributed by atoms with Crippen LogP contribution in [0.4, 0.5) is 0 Å². The second-order valence-electron chi connectivity index (χ2n) is 14.2. The number of aryl methyl sites for hydroxylation is 1. The van der Waals surface area contributed by atoms with Crippen LogP contribution in [0.1, 0.15) is 29.0 Å². The Bertz CT molecular complexity index is 3200. The first-order chi connectivity index (χ1) is 25.3. The maximum absolute atomic E-state index is 5.34. The molecule has 51 heavy (non-hydrogen) atoms. The third kappa shape index (κ3) is 3.60. The van der Waals surface area contributed by atoms with Gasteiger partial charge in [-0.25, -0.2) is 4.98 Å². The molecule has 1 aliphatic carbocycles. The van der Waals surface area contributed by atoms with Gasteiger partial charge in [-0.1, -0.05) is 109 Å². The molecule has 0 fully saturated rings. The molecule has 0 spiro atoms. The van der Waals surface area contributed by atoms with E-state index < -0.39 is 0 Å². The zero-order valence-corrected chi connectivity index (χ0v) is 27.8. The second-order valence-corrected chi connectivity index (χ2v) is 14.2. The third-order valence-corrected chi connectivity index (χ3v) is 11.7. The van der Waals surface area contributed by atoms with E-state index in [4.69, 9.17) is 4.98 Å². The summed E-state index contributed by atoms with van der Waals surface area (Å²) >= 11 is 0. The maximum atomic E-state index is 5.34. The number of benzene rings is 7. The van der Waals surface area contributed by atoms with Crippen LogP contribution in [0, 0.1) is 0 Å². The molecule has 4 heterocycles. The fourth-order valence-electron chi connectivity index (χ4n) is 9.62. The standard InChI is InChI=1S/C48H31N3/c1-2-13-32(14-3-1)50-41-19-9-7-17-36(41)39-26-31(28-49-48(39)50)34-25-24-30-23-22-29-12-4-5-15-33(29)44(30)40-27-38-35-16-6-10-20-42(35)51-43-21-11-8-18-37(43)46(45(34)40)47(38)51/h1-23,26-28,34H,24-25H2. The summed E-state index contributed by atoms with van der Waals surface area (Å²) in [6, 6.07) is 56.0. The Morgan fingerprint density at radius 2 is 1.22 bits per heavy atom. The van der Waals surface area contributed by atoms with Gasteiger partial charge < -0.3 is 4.40 Å². The van der Waals surface area contributed by atoms with Crippen molar-refractivity contribution in [2.24, 2.45) is 0 Å². The molecule has 0 amide bonds. The Hall–Kier alpha value is -6.45. The molecule has 3 heteroatoms. The predicted octanol–water partition coefficient (Wildman–Crippen LogP) is 12.2. The number of aromatic nitrogens is 3. The summed E-state index contributed by atoms with van der Waals surface area (Å²) in [6.45, 7) is 0. The van der Waals surface area contributed by atoms with Crippen LogP contribution in [-0.2, 0) is 6.42 Å². The number of nitrogens with zero attached hydrogens (tertiary/aromatic N) is 3. The molecule has 4 aromatic heterocycles. The van der Waals surface area contributed by atoms with E-state index in [0.717, 1.165) is 24.2 Å². The van der Waals surface area contributed by atoms with Crippen LogP contribution < -0.4 is 0 Å². The van der Waals surface area contributed by atoms with E-state index in [1.165, 1.54) is 93.0 Å². The molecular weight excluding hydrogens is 619 g/mol. The third-order valence-electron chi connectivity index (χ3n) is 11.7. The molecule has 0 saturated carbocycles. The molecule has 0 bridgehead atoms. The van der Waals surface area contributed by atoms with Crippen LogP contribution in [0.25, 0.3) is 87.6 Å². The zero-order chi connectivity index (χ0) is 33.2. The molecule has 1 aliphatic rings. The van der Waals surface area contributed by atoms with Gasteiger partial charge in [0.2, 0.25) is 0 Å². The van der Waals surface area contributed by atoms with E-state index in [1.807, 2.05) is 0 Å². The van der Waals surface area contributed by atoms with E-state index >= 15 is 0 Å². The highest BCUT2D eigenvalue weighted by Gasteiger charge is 2.32. The molecule has 0 radical (unpaired) electrons. The van der Waals surface area contributed by atoms with Crippen LogP contribution >= 0.6 is 0 Å². The Kier molecular flexibility index (Phi) is 5.40. The fourth-order valence-corrected chi connectivity index (χ4v) is 9.62. The lowest BCUT2D eigenvalue weighted by atomic mass is 9.82. The van der Waals surface area contributed by atoms with Crippen molar-refractivity contribution in [3.63, 3.8) is 0 Å². The van der Waals surface area contributed by atoms with Crippen molar-refractivity contribution < 1.29 is 0 Å². The maximum Gasteiger partial charge on any atom is 0.145 e. The second kappa shape index (κ2) is 10.1. The molecular formula is C48H31N3. The largest absolute Gasteiger partial charge is 0.308 e. The smallest absolute Gasteiger partial charge is 0.145 e. The van der Waals surface area contributed by atoms with Gasteiger partial charge in [0.25, 0.3) is 0 Å². The monoisotopic (exact) mass is 649 g/mol. The molecule has 0 aliphatic heterocycles. The van der Waals surface area contributed by atoms with Gasteiger partial charge in [-0.05, 0) is 93.9 Å². The number of hydrogen-bond acceptors (Lipinski definition) is 1. The summed E-state index contributed by atoms with van der Waals surface area (Å²) in [7, 11) is 0. The molecule has 1 unspecified atom stereocenters. The SMILES string of the molecule is c1ccc(-n2c3ccccc3c3cc(C4CCc5ccc6ccccc6c5-c5cc6c7ccccc7n7c8ccccc8c(c54)c67)cnc32)cc1. The van der Waals surface area contributed by atoms with Gasteiger partial charge in [-0.3, -0.25) is 4.57 Å². The first-order valence-corrected chi connectivity index (χ1v) is 18.0. The Balaban J connectivity index is 1.23. The van der Waals surface area contributed by atoms with Crippen molar-refractivity contribution >= 4 is 70.8 Å². The van der Waals surface area contributed by atoms with Crippen LogP contribution in [0.3, 0.4) is 0 Å². The zero-order valence-electron chi connectivity index (χ0n) is 27.8. The Morgan fingerprint density at radius 1 is 0.549 bits per heavy atom. The first kappa shape index (κ1) is 27.4. The summed E-state index contributed by atoms with van der Waals surface area (Å²) in [5.74, 6) is 0.152. The summed E-state index contributed by atoms with van der Waals surface area (Å²) in [6.07, 6.45) is 4.18. The first-order valence-electron chi connectivity index (χ1n) is 18.0. The molecule has 238 valence electrons. The van der Waals surface area contributed by atoms with Gasteiger partial charge in [0, 0.05) is 50.1 Å². The minimum atomic E-state index is 0.152. The van der Waals surface area contributed by atoms with Gasteiger partial charge in [0.15, 0.2) is 0 Å². The van der Waals surface area contributed by atoms with Crippen molar-refractivity contribution in [2.45, 2.75) is 18.8 Å². The van der Waals surface area contributed by atoms with Crippen LogP contribution in [0.15, 0.2) is 158 Å². The highest BCUT2D eigenvalue weighted by molar-refractivity contribution is 6.26. The molecule has 3 nitrogen and oxygen atoms in total. The predicted molar refractivity (Wildman–Crippen MR) is 213 cm³/mol. The number of fused-ring (bicyclic) bond motifs is 15. The summed E-state index contributed by atoms with van der Waals surface area (Å²) in [4.78, 5) is 5.34. The van der Waals surface area contributed by atoms with Crippen LogP contribution in [0.2, 0.25) is 0 Å². The van der Waals surface area contributed by atoms with Crippen molar-refractivity contribution in [2.75, 3.05) is 0 Å². The van der Waals surface area contributed by atoms with Crippen molar-refractivity contribution in [1.29, 1.82) is 0 Å². The molecule has 1 atom stereocenters. The molecule has 0 N–H and O–H groups in total. The fraction of sp³-hybridized carbons (Fsp3) is 0.0625. The van der Waals surface area contributed by atoms with Crippen molar-refractivity contribution in [3.8, 4) is 16.8 Å². The van der Waals surface area contributed by atoms with Crippen molar-refractivity contribution in [3.05, 3.63) is 175 Å². The van der Waals surface area contributed by atoms with Crippen molar-refractivity contribution in [1.82, 2.24) is 14.0 Å². The normalized spacial score (nSPS) is 14.7. The van der Waals surface area contributed by atoms with E-state index in [9.17, 15) is 0 Å². The lowest BCUT2D eigenvalue weighted by Gasteiger charge is -2.21. The topological polar surface area (TPSA) is 22.2 Å². The van der Waals surface area contributed by atoms with Crippen LogP contribution in [-0.4, -0.2) is 14.0 Å². The van der Waals surface area contributed by atoms with E-state index in [0.29, 0.717) is 0 Å². The minimum Gasteiger partial charge on any atom is -0.308 e. The van der Waals surface area contributed by atoms with Crippen LogP contribution in [0.5, 0.6) is 0 Å². The number of pyridine rings is 1. The lowest BCUT2D eigenvalue weighted by Crippen LogP contribution is -2.04. The quantitative estimate of drug-likeness (QED) is 0.183. The average Bonchev–Trinajstić information content (AvgIpc) is 3.78. The molecule has 11 aromatic rings. The van der Waals surface area contributed by atoms with Gasteiger partial charge in [0.1, 0.15) is 5.65 Å². The van der Waals surface area contributed by atoms with Gasteiger partial charge >= 0.3 is 0 Å². The summed E-state index contributed by atoms with van der Waals surface area (Å²) in [5.41, 5.74) is 14.1. The molecule has 0 saturated heterocycles. The number of para-hydroxylation sites is 4.